The number of allylic oxidation sites excluding steroid dienone is 1. The molecule has 2 N–H and O–H groups in total. The zero-order valence-electron chi connectivity index (χ0n) is 24.8. The van der Waals surface area contributed by atoms with Crippen LogP contribution in [0.4, 0.5) is 0 Å². The minimum atomic E-state index is -0.943. The average molecular weight is 595 g/mol. The predicted octanol–water partition coefficient (Wildman–Crippen LogP) is 5.40. The first kappa shape index (κ1) is 33.0. The number of nitrogens with zero attached hydrogens (tertiary/aromatic N) is 2. The third-order valence-corrected chi connectivity index (χ3v) is 7.73. The minimum absolute atomic E-state index is 0.0921. The number of thioether (sulfide) groups is 1. The number of nitrogens with one attached hydrogen (secondary N) is 2. The summed E-state index contributed by atoms with van der Waals surface area (Å²) in [4.78, 5) is 60.4. The van der Waals surface area contributed by atoms with Gasteiger partial charge in [0.2, 0.25) is 5.91 Å². The number of aromatic nitrogens is 2. The number of amides is 2. The van der Waals surface area contributed by atoms with Crippen LogP contribution in [-0.2, 0) is 25.7 Å². The van der Waals surface area contributed by atoms with E-state index < -0.39 is 24.0 Å². The molecule has 4 bridgehead atoms. The van der Waals surface area contributed by atoms with Crippen molar-refractivity contribution in [1.29, 1.82) is 0 Å². The molecule has 9 nitrogen and oxygen atoms in total. The van der Waals surface area contributed by atoms with Gasteiger partial charge in [-0.05, 0) is 49.1 Å². The third-order valence-electron chi connectivity index (χ3n) is 6.76. The van der Waals surface area contributed by atoms with Crippen molar-refractivity contribution < 1.29 is 23.9 Å². The van der Waals surface area contributed by atoms with Gasteiger partial charge in [-0.2, -0.15) is 0 Å². The molecule has 3 heterocycles. The number of esters is 1. The highest BCUT2D eigenvalue weighted by Gasteiger charge is 2.29. The molecule has 0 radical (unpaired) electrons. The van der Waals surface area contributed by atoms with E-state index in [4.69, 9.17) is 4.74 Å². The summed E-state index contributed by atoms with van der Waals surface area (Å²) in [6.45, 7) is 5.96. The van der Waals surface area contributed by atoms with Gasteiger partial charge in [0.1, 0.15) is 17.8 Å². The van der Waals surface area contributed by atoms with Crippen LogP contribution in [0.2, 0.25) is 0 Å². The number of carbonyl (C=O) groups is 4. The Labute approximate surface area is 252 Å². The molecule has 0 saturated heterocycles. The molecule has 2 aromatic rings. The normalized spacial score (nSPS) is 18.0. The van der Waals surface area contributed by atoms with E-state index in [9.17, 15) is 19.2 Å². The number of ether oxygens (including phenoxy) is 1. The lowest BCUT2D eigenvalue weighted by Crippen LogP contribution is -2.46. The van der Waals surface area contributed by atoms with Crippen LogP contribution in [0.5, 0.6) is 0 Å². The van der Waals surface area contributed by atoms with Gasteiger partial charge in [0.15, 0.2) is 5.12 Å². The first-order valence-electron chi connectivity index (χ1n) is 14.8. The van der Waals surface area contributed by atoms with Gasteiger partial charge in [-0.25, -0.2) is 14.8 Å². The van der Waals surface area contributed by atoms with E-state index in [2.05, 4.69) is 27.5 Å². The number of hydrogen-bond acceptors (Lipinski definition) is 8. The van der Waals surface area contributed by atoms with E-state index in [1.165, 1.54) is 31.0 Å². The van der Waals surface area contributed by atoms with Crippen molar-refractivity contribution >= 4 is 34.7 Å². The number of fused-ring (bicyclic) bond motifs is 5. The molecule has 0 unspecified atom stereocenters. The van der Waals surface area contributed by atoms with Crippen molar-refractivity contribution in [1.82, 2.24) is 20.6 Å². The first-order valence-corrected chi connectivity index (χ1v) is 15.8. The van der Waals surface area contributed by atoms with E-state index in [0.29, 0.717) is 35.7 Å². The van der Waals surface area contributed by atoms with Crippen molar-refractivity contribution in [3.8, 4) is 11.4 Å². The minimum Gasteiger partial charge on any atom is -0.456 e. The Morgan fingerprint density at radius 1 is 1.02 bits per heavy atom. The number of carbonyl (C=O) groups excluding carboxylic acids is 4. The summed E-state index contributed by atoms with van der Waals surface area (Å²) in [5.74, 6) is -1.12. The maximum absolute atomic E-state index is 13.2. The lowest BCUT2D eigenvalue weighted by molar-refractivity contribution is -0.151. The van der Waals surface area contributed by atoms with E-state index in [1.807, 2.05) is 12.1 Å². The molecule has 10 heteroatoms. The third kappa shape index (κ3) is 11.0. The number of cyclic esters (lactones) is 1. The molecule has 0 aromatic carbocycles. The number of hydrogen-bond donors (Lipinski definition) is 2. The smallest absolute Gasteiger partial charge is 0.329 e. The highest BCUT2D eigenvalue weighted by molar-refractivity contribution is 8.13. The Morgan fingerprint density at radius 2 is 1.74 bits per heavy atom. The number of rotatable bonds is 11. The first-order chi connectivity index (χ1) is 20.3. The molecule has 2 aromatic heterocycles. The van der Waals surface area contributed by atoms with Crippen LogP contribution < -0.4 is 10.6 Å². The van der Waals surface area contributed by atoms with Crippen molar-refractivity contribution in [2.75, 3.05) is 5.75 Å². The van der Waals surface area contributed by atoms with Crippen LogP contribution in [0.25, 0.3) is 11.4 Å². The molecule has 0 aliphatic carbocycles. The molecule has 0 spiro atoms. The Bertz CT molecular complexity index is 1250. The zero-order chi connectivity index (χ0) is 30.3. The quantitative estimate of drug-likeness (QED) is 0.201. The van der Waals surface area contributed by atoms with Gasteiger partial charge in [0, 0.05) is 12.2 Å². The Morgan fingerprint density at radius 3 is 2.50 bits per heavy atom. The van der Waals surface area contributed by atoms with Gasteiger partial charge in [0.05, 0.1) is 30.0 Å². The topological polar surface area (TPSA) is 127 Å². The Kier molecular flexibility index (Phi) is 13.7. The summed E-state index contributed by atoms with van der Waals surface area (Å²) in [6.07, 6.45) is 9.29. The van der Waals surface area contributed by atoms with Crippen molar-refractivity contribution in [2.45, 2.75) is 90.8 Å². The van der Waals surface area contributed by atoms with E-state index in [-0.39, 0.29) is 35.6 Å². The summed E-state index contributed by atoms with van der Waals surface area (Å²) in [5.41, 5.74) is 1.85. The standard InChI is InChI=1S/C32H42N4O5S/c1-4-5-6-7-8-18-29(38)42-19-10-9-14-24-20-28(37)33-21-23-13-11-15-25(34-23)26-16-12-17-27(35-26)31(39)36-30(22(2)3)32(40)41-24/h9,11-17,22,24,30H,4-8,10,18-21H2,1-3H3,(H,33,37)(H,36,39)/b14-9+/t24-,30+/m1/s1. The average Bonchev–Trinajstić information content (AvgIpc) is 2.98. The molecule has 42 heavy (non-hydrogen) atoms. The van der Waals surface area contributed by atoms with Gasteiger partial charge < -0.3 is 15.4 Å². The van der Waals surface area contributed by atoms with E-state index in [0.717, 1.165) is 12.8 Å². The second-order valence-electron chi connectivity index (χ2n) is 10.7. The molecule has 2 amide bonds. The number of pyridine rings is 2. The zero-order valence-corrected chi connectivity index (χ0v) is 25.6. The number of unbranched alkanes of at least 4 members (excludes halogenated alkanes) is 4. The second kappa shape index (κ2) is 17.4. The summed E-state index contributed by atoms with van der Waals surface area (Å²) in [7, 11) is 0. The lowest BCUT2D eigenvalue weighted by Gasteiger charge is -2.23. The highest BCUT2D eigenvalue weighted by Crippen LogP contribution is 2.18. The van der Waals surface area contributed by atoms with Crippen molar-refractivity contribution in [3.63, 3.8) is 0 Å². The van der Waals surface area contributed by atoms with E-state index >= 15 is 0 Å². The molecule has 2 atom stereocenters. The summed E-state index contributed by atoms with van der Waals surface area (Å²) in [5, 5.41) is 5.78. The van der Waals surface area contributed by atoms with Crippen LogP contribution >= 0.6 is 11.8 Å². The lowest BCUT2D eigenvalue weighted by atomic mass is 10.0. The largest absolute Gasteiger partial charge is 0.456 e. The molecular formula is C32H42N4O5S. The monoisotopic (exact) mass is 594 g/mol. The van der Waals surface area contributed by atoms with Gasteiger partial charge in [-0.1, -0.05) is 76.4 Å². The highest BCUT2D eigenvalue weighted by atomic mass is 32.2. The van der Waals surface area contributed by atoms with E-state index in [1.54, 1.807) is 50.3 Å². The van der Waals surface area contributed by atoms with Gasteiger partial charge >= 0.3 is 5.97 Å². The SMILES string of the molecule is CCCCCCCC(=O)SCC/C=C/[C@@H]1CC(=O)NCc2cccc(n2)-c2cccc(n2)C(=O)N[C@@H](C(C)C)C(=O)O1. The maximum atomic E-state index is 13.2. The van der Waals surface area contributed by atoms with Crippen LogP contribution in [0, 0.1) is 5.92 Å². The fourth-order valence-corrected chi connectivity index (χ4v) is 5.16. The summed E-state index contributed by atoms with van der Waals surface area (Å²) in [6, 6.07) is 9.49. The molecule has 1 aliphatic rings. The summed E-state index contributed by atoms with van der Waals surface area (Å²) < 4.78 is 5.74. The molecule has 3 rings (SSSR count). The molecule has 226 valence electrons. The van der Waals surface area contributed by atoms with Crippen LogP contribution in [-0.4, -0.2) is 50.8 Å². The fraction of sp³-hybridized carbons (Fsp3) is 0.500. The van der Waals surface area contributed by atoms with Crippen LogP contribution in [0.15, 0.2) is 48.6 Å². The summed E-state index contributed by atoms with van der Waals surface area (Å²) >= 11 is 1.31. The Balaban J connectivity index is 1.70. The van der Waals surface area contributed by atoms with Gasteiger partial charge in [0.25, 0.3) is 5.91 Å². The predicted molar refractivity (Wildman–Crippen MR) is 165 cm³/mol. The van der Waals surface area contributed by atoms with Crippen molar-refractivity contribution in [3.05, 3.63) is 59.9 Å². The maximum Gasteiger partial charge on any atom is 0.329 e. The van der Waals surface area contributed by atoms with Crippen LogP contribution in [0.3, 0.4) is 0 Å². The van der Waals surface area contributed by atoms with Gasteiger partial charge in [-0.15, -0.1) is 0 Å². The molecule has 0 saturated carbocycles. The fourth-order valence-electron chi connectivity index (χ4n) is 4.39. The molecule has 1 aliphatic heterocycles. The molecule has 0 fully saturated rings. The van der Waals surface area contributed by atoms with Crippen molar-refractivity contribution in [2.24, 2.45) is 5.92 Å². The Hall–Kier alpha value is -3.53. The van der Waals surface area contributed by atoms with Gasteiger partial charge in [-0.3, -0.25) is 14.4 Å². The molecular weight excluding hydrogens is 552 g/mol. The second-order valence-corrected chi connectivity index (χ2v) is 11.8. The van der Waals surface area contributed by atoms with Crippen LogP contribution in [0.1, 0.15) is 88.3 Å².